The predicted molar refractivity (Wildman–Crippen MR) is 121 cm³/mol. The van der Waals surface area contributed by atoms with Gasteiger partial charge in [-0.3, -0.25) is 9.78 Å². The van der Waals surface area contributed by atoms with Crippen molar-refractivity contribution < 1.29 is 5.11 Å². The Hall–Kier alpha value is -3.20. The maximum absolute atomic E-state index is 11.9. The van der Waals surface area contributed by atoms with Crippen LogP contribution in [0.3, 0.4) is 0 Å². The van der Waals surface area contributed by atoms with E-state index in [4.69, 9.17) is 23.2 Å². The number of halogens is 2. The molecule has 4 rings (SSSR count). The van der Waals surface area contributed by atoms with E-state index in [0.717, 1.165) is 0 Å². The number of nitrogens with one attached hydrogen (secondary N) is 1. The molecule has 2 N–H and O–H groups in total. The number of hydrogen-bond acceptors (Lipinski definition) is 5. The van der Waals surface area contributed by atoms with Crippen LogP contribution in [-0.4, -0.2) is 29.7 Å². The van der Waals surface area contributed by atoms with Crippen LogP contribution in [0.1, 0.15) is 16.8 Å². The number of rotatable bonds is 7. The molecule has 0 radical (unpaired) electrons. The van der Waals surface area contributed by atoms with Crippen molar-refractivity contribution in [1.82, 2.24) is 24.5 Å². The molecule has 0 aliphatic rings. The van der Waals surface area contributed by atoms with E-state index in [1.807, 2.05) is 0 Å². The van der Waals surface area contributed by atoms with E-state index in [1.54, 1.807) is 59.4 Å². The average Bonchev–Trinajstić information content (AvgIpc) is 3.20. The van der Waals surface area contributed by atoms with Gasteiger partial charge in [0.2, 0.25) is 0 Å². The molecule has 2 aromatic heterocycles. The molecule has 10 heteroatoms. The summed E-state index contributed by atoms with van der Waals surface area (Å²) in [6, 6.07) is 15.2. The molecule has 0 amide bonds. The second kappa shape index (κ2) is 9.12. The lowest BCUT2D eigenvalue weighted by molar-refractivity contribution is 0.0557. The molecule has 32 heavy (non-hydrogen) atoms. The van der Waals surface area contributed by atoms with Crippen molar-refractivity contribution in [3.8, 4) is 0 Å². The number of aromatic amines is 1. The third-order valence-electron chi connectivity index (χ3n) is 5.23. The smallest absolute Gasteiger partial charge is 0.328 e. The van der Waals surface area contributed by atoms with Crippen molar-refractivity contribution in [2.45, 2.75) is 25.1 Å². The van der Waals surface area contributed by atoms with Gasteiger partial charge >= 0.3 is 5.69 Å². The van der Waals surface area contributed by atoms with Gasteiger partial charge in [-0.15, -0.1) is 5.10 Å². The van der Waals surface area contributed by atoms with Crippen LogP contribution in [0.25, 0.3) is 0 Å². The van der Waals surface area contributed by atoms with E-state index in [0.29, 0.717) is 39.8 Å². The van der Waals surface area contributed by atoms with Crippen molar-refractivity contribution in [1.29, 1.82) is 0 Å². The van der Waals surface area contributed by atoms with E-state index in [9.17, 15) is 14.7 Å². The second-order valence-electron chi connectivity index (χ2n) is 7.31. The van der Waals surface area contributed by atoms with E-state index >= 15 is 0 Å². The minimum Gasteiger partial charge on any atom is -0.378 e. The number of H-pyrrole nitrogens is 1. The third-order valence-corrected chi connectivity index (χ3v) is 5.73. The topological polar surface area (TPSA) is 106 Å². The van der Waals surface area contributed by atoms with Crippen molar-refractivity contribution >= 4 is 23.2 Å². The fourth-order valence-corrected chi connectivity index (χ4v) is 3.73. The van der Waals surface area contributed by atoms with Gasteiger partial charge in [-0.05, 0) is 35.4 Å². The van der Waals surface area contributed by atoms with Gasteiger partial charge in [0.15, 0.2) is 0 Å². The summed E-state index contributed by atoms with van der Waals surface area (Å²) in [4.78, 5) is 25.4. The maximum atomic E-state index is 11.9. The summed E-state index contributed by atoms with van der Waals surface area (Å²) >= 11 is 12.1. The lowest BCUT2D eigenvalue weighted by Crippen LogP contribution is -2.34. The monoisotopic (exact) mass is 471 g/mol. The summed E-state index contributed by atoms with van der Waals surface area (Å²) in [6.45, 7) is 0.384. The minimum atomic E-state index is -1.44. The quantitative estimate of drug-likeness (QED) is 0.430. The number of aliphatic hydroxyl groups is 1. The van der Waals surface area contributed by atoms with Gasteiger partial charge in [0.25, 0.3) is 5.56 Å². The molecule has 0 aliphatic carbocycles. The van der Waals surface area contributed by atoms with Gasteiger partial charge in [-0.1, -0.05) is 52.7 Å². The van der Waals surface area contributed by atoms with Crippen LogP contribution in [0.2, 0.25) is 10.0 Å². The summed E-state index contributed by atoms with van der Waals surface area (Å²) in [5.74, 6) is 0. The van der Waals surface area contributed by atoms with Crippen LogP contribution in [0.15, 0.2) is 76.6 Å². The Morgan fingerprint density at radius 2 is 1.53 bits per heavy atom. The Morgan fingerprint density at radius 3 is 2.09 bits per heavy atom. The molecule has 0 saturated heterocycles. The molecule has 0 saturated carbocycles. The lowest BCUT2D eigenvalue weighted by Gasteiger charge is -2.30. The fourth-order valence-electron chi connectivity index (χ4n) is 3.48. The molecule has 4 aromatic rings. The maximum Gasteiger partial charge on any atom is 0.328 e. The summed E-state index contributed by atoms with van der Waals surface area (Å²) in [7, 11) is 0. The van der Waals surface area contributed by atoms with Gasteiger partial charge in [0, 0.05) is 35.3 Å². The van der Waals surface area contributed by atoms with Crippen LogP contribution in [0, 0.1) is 0 Å². The Morgan fingerprint density at radius 1 is 0.938 bits per heavy atom. The molecule has 2 aromatic carbocycles. The first-order valence-electron chi connectivity index (χ1n) is 9.77. The van der Waals surface area contributed by atoms with Crippen LogP contribution in [0.4, 0.5) is 0 Å². The van der Waals surface area contributed by atoms with Gasteiger partial charge in [0.1, 0.15) is 5.60 Å². The summed E-state index contributed by atoms with van der Waals surface area (Å²) in [5.41, 5.74) is -0.411. The summed E-state index contributed by atoms with van der Waals surface area (Å²) in [6.07, 6.45) is 3.43. The van der Waals surface area contributed by atoms with Crippen molar-refractivity contribution in [2.24, 2.45) is 0 Å². The van der Waals surface area contributed by atoms with Crippen LogP contribution >= 0.6 is 23.2 Å². The molecule has 8 nitrogen and oxygen atoms in total. The van der Waals surface area contributed by atoms with Crippen molar-refractivity contribution in [2.75, 3.05) is 0 Å². The van der Waals surface area contributed by atoms with Gasteiger partial charge < -0.3 is 9.67 Å². The largest absolute Gasteiger partial charge is 0.378 e. The number of aryl methyl sites for hydroxylation is 2. The first-order chi connectivity index (χ1) is 15.3. The number of hydrogen-bond donors (Lipinski definition) is 2. The second-order valence-corrected chi connectivity index (χ2v) is 8.18. The highest BCUT2D eigenvalue weighted by atomic mass is 35.5. The molecule has 2 heterocycles. The Kier molecular flexibility index (Phi) is 6.27. The van der Waals surface area contributed by atoms with Crippen LogP contribution < -0.4 is 11.2 Å². The standard InChI is InChI=1S/C22H19Cl2N5O3/c23-17-5-1-15(2-6-17)22(32,16-3-7-18(24)8-4-16)14-29-19(13-25-27-29)9-11-28-12-10-20(30)26-21(28)31/h1-8,10,12-13,32H,9,11,14H2,(H,26,30,31). The zero-order chi connectivity index (χ0) is 22.7. The highest BCUT2D eigenvalue weighted by Gasteiger charge is 2.33. The normalized spacial score (nSPS) is 11.6. The molecule has 0 aliphatic heterocycles. The molecule has 164 valence electrons. The van der Waals surface area contributed by atoms with Crippen molar-refractivity contribution in [3.63, 3.8) is 0 Å². The number of nitrogens with zero attached hydrogens (tertiary/aromatic N) is 4. The lowest BCUT2D eigenvalue weighted by atomic mass is 9.86. The SMILES string of the molecule is O=c1ccn(CCc2cnnn2CC(O)(c2ccc(Cl)cc2)c2ccc(Cl)cc2)c(=O)[nH]1. The molecule has 0 spiro atoms. The molecule has 0 atom stereocenters. The summed E-state index contributed by atoms with van der Waals surface area (Å²) in [5, 5.41) is 21.1. The molecule has 0 unspecified atom stereocenters. The number of aromatic nitrogens is 5. The predicted octanol–water partition coefficient (Wildman–Crippen LogP) is 2.61. The van der Waals surface area contributed by atoms with Crippen LogP contribution in [0.5, 0.6) is 0 Å². The molecule has 0 bridgehead atoms. The zero-order valence-electron chi connectivity index (χ0n) is 16.8. The summed E-state index contributed by atoms with van der Waals surface area (Å²) < 4.78 is 2.99. The van der Waals surface area contributed by atoms with E-state index in [2.05, 4.69) is 15.3 Å². The van der Waals surface area contributed by atoms with Gasteiger partial charge in [-0.25, -0.2) is 9.48 Å². The Labute approximate surface area is 192 Å². The molecule has 0 fully saturated rings. The first-order valence-corrected chi connectivity index (χ1v) is 10.5. The third kappa shape index (κ3) is 4.67. The van der Waals surface area contributed by atoms with E-state index in [1.165, 1.54) is 16.8 Å². The average molecular weight is 472 g/mol. The molecular weight excluding hydrogens is 453 g/mol. The molecular formula is C22H19Cl2N5O3. The van der Waals surface area contributed by atoms with E-state index < -0.39 is 16.9 Å². The Balaban J connectivity index is 1.65. The van der Waals surface area contributed by atoms with Gasteiger partial charge in [0.05, 0.1) is 18.4 Å². The first kappa shape index (κ1) is 22.0. The zero-order valence-corrected chi connectivity index (χ0v) is 18.3. The van der Waals surface area contributed by atoms with Gasteiger partial charge in [-0.2, -0.15) is 0 Å². The van der Waals surface area contributed by atoms with Crippen LogP contribution in [-0.2, 0) is 25.1 Å². The fraction of sp³-hybridized carbons (Fsp3) is 0.182. The van der Waals surface area contributed by atoms with Crippen molar-refractivity contribution in [3.05, 3.63) is 115 Å². The van der Waals surface area contributed by atoms with E-state index in [-0.39, 0.29) is 6.54 Å². The highest BCUT2D eigenvalue weighted by molar-refractivity contribution is 6.30. The minimum absolute atomic E-state index is 0.0755. The number of benzene rings is 2. The highest BCUT2D eigenvalue weighted by Crippen LogP contribution is 2.33. The Bertz CT molecular complexity index is 1280.